The lowest BCUT2D eigenvalue weighted by Crippen LogP contribution is -2.29. The number of carbonyl (C=O) groups excluding carboxylic acids is 2. The first kappa shape index (κ1) is 34.7. The lowest BCUT2D eigenvalue weighted by Gasteiger charge is -2.22. The van der Waals surface area contributed by atoms with Crippen molar-refractivity contribution in [2.45, 2.75) is 76.7 Å². The molecule has 2 aromatic heterocycles. The van der Waals surface area contributed by atoms with Crippen molar-refractivity contribution in [1.82, 2.24) is 15.1 Å². The number of hydrogen-bond acceptors (Lipinski definition) is 12. The smallest absolute Gasteiger partial charge is 0.413 e. The van der Waals surface area contributed by atoms with E-state index < -0.39 is 43.3 Å². The summed E-state index contributed by atoms with van der Waals surface area (Å²) < 4.78 is 42.1. The Morgan fingerprint density at radius 2 is 1.45 bits per heavy atom. The van der Waals surface area contributed by atoms with Crippen molar-refractivity contribution < 1.29 is 36.9 Å². The number of sulfone groups is 1. The molecular formula is C32H35N5O9S. The number of carbonyl (C=O) groups is 2. The van der Waals surface area contributed by atoms with Gasteiger partial charge in [-0.3, -0.25) is 15.4 Å². The van der Waals surface area contributed by atoms with Gasteiger partial charge < -0.3 is 14.0 Å². The van der Waals surface area contributed by atoms with E-state index in [-0.39, 0.29) is 39.2 Å². The summed E-state index contributed by atoms with van der Waals surface area (Å²) in [4.78, 5) is 46.2. The molecule has 2 aromatic carbocycles. The molecule has 0 fully saturated rings. The van der Waals surface area contributed by atoms with Gasteiger partial charge in [-0.1, -0.05) is 17.3 Å². The number of esters is 1. The van der Waals surface area contributed by atoms with Crippen LogP contribution in [0.5, 0.6) is 0 Å². The van der Waals surface area contributed by atoms with Gasteiger partial charge in [0.25, 0.3) is 5.69 Å². The monoisotopic (exact) mass is 665 g/mol. The maximum Gasteiger partial charge on any atom is 0.413 e. The van der Waals surface area contributed by atoms with E-state index >= 15 is 0 Å². The van der Waals surface area contributed by atoms with Crippen LogP contribution in [0.15, 0.2) is 64.0 Å². The average molecular weight is 666 g/mol. The van der Waals surface area contributed by atoms with Gasteiger partial charge in [-0.25, -0.2) is 28.0 Å². The molecule has 0 aliphatic carbocycles. The fourth-order valence-corrected chi connectivity index (χ4v) is 5.18. The number of aromatic nitrogens is 3. The van der Waals surface area contributed by atoms with E-state index in [1.54, 1.807) is 55.4 Å². The summed E-state index contributed by atoms with van der Waals surface area (Å²) >= 11 is 0. The molecule has 0 saturated heterocycles. The lowest BCUT2D eigenvalue weighted by molar-refractivity contribution is -0.384. The molecular weight excluding hydrogens is 630 g/mol. The summed E-state index contributed by atoms with van der Waals surface area (Å²) in [7, 11) is -3.59. The molecule has 0 aliphatic rings. The van der Waals surface area contributed by atoms with Crippen molar-refractivity contribution >= 4 is 33.4 Å². The molecule has 4 aromatic rings. The molecule has 0 bridgehead atoms. The zero-order chi connectivity index (χ0) is 34.9. The van der Waals surface area contributed by atoms with Crippen molar-refractivity contribution in [2.75, 3.05) is 5.32 Å². The summed E-state index contributed by atoms with van der Waals surface area (Å²) in [5, 5.41) is 17.0. The quantitative estimate of drug-likeness (QED) is 0.117. The summed E-state index contributed by atoms with van der Waals surface area (Å²) in [5.41, 5.74) is -1.11. The topological polar surface area (TPSA) is 194 Å². The molecule has 0 saturated carbocycles. The third-order valence-corrected chi connectivity index (χ3v) is 8.47. The first-order valence-electron chi connectivity index (χ1n) is 14.5. The summed E-state index contributed by atoms with van der Waals surface area (Å²) in [6.45, 7) is 13.2. The standard InChI is InChI=1S/C32H35N5O9S/c1-18(2)47(42,43)22-15-11-20(12-16-22)25-27(29(38)44-31(3,4)5)34-28(35-30(39)45-32(6,7)8)26(33-25)24-17-23(36-46-24)19-9-13-21(14-10-19)37(40)41/h9-18H,1-8H3,(H,34,35,39). The molecule has 248 valence electrons. The lowest BCUT2D eigenvalue weighted by atomic mass is 10.1. The van der Waals surface area contributed by atoms with Crippen LogP contribution in [0.3, 0.4) is 0 Å². The van der Waals surface area contributed by atoms with E-state index in [9.17, 15) is 28.1 Å². The van der Waals surface area contributed by atoms with Crippen LogP contribution in [0.1, 0.15) is 65.9 Å². The summed E-state index contributed by atoms with van der Waals surface area (Å²) in [6, 6.07) is 12.9. The number of ether oxygens (including phenoxy) is 2. The molecule has 1 N–H and O–H groups in total. The SMILES string of the molecule is CC(C)S(=O)(=O)c1ccc(-c2nc(-c3cc(-c4ccc([N+](=O)[O-])cc4)no3)c(NC(=O)OC(C)(C)C)nc2C(=O)OC(C)(C)C)cc1. The predicted octanol–water partition coefficient (Wildman–Crippen LogP) is 6.86. The second-order valence-electron chi connectivity index (χ2n) is 12.7. The van der Waals surface area contributed by atoms with E-state index in [2.05, 4.69) is 20.4 Å². The van der Waals surface area contributed by atoms with E-state index in [0.29, 0.717) is 16.8 Å². The molecule has 14 nitrogen and oxygen atoms in total. The number of amides is 1. The van der Waals surface area contributed by atoms with E-state index in [1.807, 2.05) is 0 Å². The highest BCUT2D eigenvalue weighted by atomic mass is 32.2. The fourth-order valence-electron chi connectivity index (χ4n) is 4.12. The molecule has 4 rings (SSSR count). The van der Waals surface area contributed by atoms with Crippen molar-refractivity contribution in [3.05, 3.63) is 70.4 Å². The highest BCUT2D eigenvalue weighted by Gasteiger charge is 2.29. The summed E-state index contributed by atoms with van der Waals surface area (Å²) in [6.07, 6.45) is -0.894. The number of nitro groups is 1. The van der Waals surface area contributed by atoms with Crippen LogP contribution in [0.25, 0.3) is 34.0 Å². The molecule has 2 heterocycles. The van der Waals surface area contributed by atoms with Crippen molar-refractivity contribution in [3.8, 4) is 34.0 Å². The van der Waals surface area contributed by atoms with Crippen LogP contribution >= 0.6 is 0 Å². The number of benzene rings is 2. The molecule has 0 aliphatic heterocycles. The Morgan fingerprint density at radius 3 is 1.98 bits per heavy atom. The number of hydrogen-bond donors (Lipinski definition) is 1. The van der Waals surface area contributed by atoms with Gasteiger partial charge >= 0.3 is 12.1 Å². The van der Waals surface area contributed by atoms with Crippen molar-refractivity contribution in [1.29, 1.82) is 0 Å². The molecule has 1 amide bonds. The first-order valence-corrected chi connectivity index (χ1v) is 16.0. The van der Waals surface area contributed by atoms with Crippen LogP contribution in [0.2, 0.25) is 0 Å². The highest BCUT2D eigenvalue weighted by Crippen LogP contribution is 2.34. The number of non-ortho nitro benzene ring substituents is 1. The van der Waals surface area contributed by atoms with Crippen LogP contribution < -0.4 is 5.32 Å². The van der Waals surface area contributed by atoms with E-state index in [4.69, 9.17) is 14.0 Å². The van der Waals surface area contributed by atoms with E-state index in [0.717, 1.165) is 0 Å². The third kappa shape index (κ3) is 8.35. The Morgan fingerprint density at radius 1 is 0.872 bits per heavy atom. The number of nitrogens with one attached hydrogen (secondary N) is 1. The van der Waals surface area contributed by atoms with Gasteiger partial charge in [0, 0.05) is 29.3 Å². The van der Waals surface area contributed by atoms with Gasteiger partial charge in [-0.05, 0) is 79.7 Å². The number of anilines is 1. The number of rotatable bonds is 8. The maximum absolute atomic E-state index is 13.5. The van der Waals surface area contributed by atoms with Gasteiger partial charge in [0.2, 0.25) is 0 Å². The number of nitrogens with zero attached hydrogens (tertiary/aromatic N) is 4. The van der Waals surface area contributed by atoms with Gasteiger partial charge in [0.1, 0.15) is 22.6 Å². The minimum absolute atomic E-state index is 0.00534. The fraction of sp³-hybridized carbons (Fsp3) is 0.344. The zero-order valence-corrected chi connectivity index (χ0v) is 28.0. The van der Waals surface area contributed by atoms with Crippen molar-refractivity contribution in [3.63, 3.8) is 0 Å². The Kier molecular flexibility index (Phi) is 9.52. The average Bonchev–Trinajstić information content (AvgIpc) is 3.45. The normalized spacial score (nSPS) is 12.1. The predicted molar refractivity (Wildman–Crippen MR) is 172 cm³/mol. The van der Waals surface area contributed by atoms with E-state index in [1.165, 1.54) is 54.6 Å². The second-order valence-corrected chi connectivity index (χ2v) is 15.2. The van der Waals surface area contributed by atoms with Gasteiger partial charge in [0.15, 0.2) is 32.8 Å². The molecule has 0 spiro atoms. The molecule has 0 atom stereocenters. The van der Waals surface area contributed by atoms with Crippen molar-refractivity contribution in [2.24, 2.45) is 0 Å². The number of nitro benzene ring substituents is 1. The molecule has 0 unspecified atom stereocenters. The molecule has 0 radical (unpaired) electrons. The van der Waals surface area contributed by atoms with Gasteiger partial charge in [-0.15, -0.1) is 0 Å². The Bertz CT molecular complexity index is 1920. The largest absolute Gasteiger partial charge is 0.455 e. The Labute approximate surface area is 271 Å². The summed E-state index contributed by atoms with van der Waals surface area (Å²) in [5.74, 6) is -1.05. The van der Waals surface area contributed by atoms with Gasteiger partial charge in [-0.2, -0.15) is 0 Å². The maximum atomic E-state index is 13.5. The second kappa shape index (κ2) is 12.9. The Balaban J connectivity index is 1.92. The molecule has 15 heteroatoms. The van der Waals surface area contributed by atoms with Crippen LogP contribution in [-0.4, -0.2) is 57.0 Å². The Hall–Kier alpha value is -5.18. The van der Waals surface area contributed by atoms with Crippen LogP contribution in [0.4, 0.5) is 16.3 Å². The zero-order valence-electron chi connectivity index (χ0n) is 27.1. The van der Waals surface area contributed by atoms with Gasteiger partial charge in [0.05, 0.1) is 15.1 Å². The van der Waals surface area contributed by atoms with Crippen LogP contribution in [-0.2, 0) is 19.3 Å². The van der Waals surface area contributed by atoms with Crippen LogP contribution in [0, 0.1) is 10.1 Å². The highest BCUT2D eigenvalue weighted by molar-refractivity contribution is 7.92. The third-order valence-electron chi connectivity index (χ3n) is 6.30. The first-order chi connectivity index (χ1) is 21.7. The minimum atomic E-state index is -3.59. The molecule has 47 heavy (non-hydrogen) atoms. The minimum Gasteiger partial charge on any atom is -0.455 e.